The lowest BCUT2D eigenvalue weighted by Crippen LogP contribution is -2.20. The molecule has 5 nitrogen and oxygen atoms in total. The lowest BCUT2D eigenvalue weighted by molar-refractivity contribution is -0.118. The molecule has 3 aromatic rings. The van der Waals surface area contributed by atoms with Crippen LogP contribution in [0.3, 0.4) is 0 Å². The van der Waals surface area contributed by atoms with Gasteiger partial charge in [0.25, 0.3) is 11.8 Å². The third-order valence-electron chi connectivity index (χ3n) is 4.67. The highest BCUT2D eigenvalue weighted by Crippen LogP contribution is 2.28. The predicted molar refractivity (Wildman–Crippen MR) is 133 cm³/mol. The van der Waals surface area contributed by atoms with Crippen molar-refractivity contribution in [2.24, 2.45) is 0 Å². The zero-order chi connectivity index (χ0) is 23.3. The third-order valence-corrected chi connectivity index (χ3v) is 5.52. The highest BCUT2D eigenvalue weighted by atomic mass is 79.9. The van der Waals surface area contributed by atoms with Crippen molar-refractivity contribution in [1.82, 2.24) is 0 Å². The van der Waals surface area contributed by atoms with Crippen LogP contribution in [-0.2, 0) is 10.2 Å². The molecule has 0 heterocycles. The van der Waals surface area contributed by atoms with Crippen LogP contribution in [0.1, 0.15) is 36.7 Å². The normalized spacial score (nSPS) is 11.0. The van der Waals surface area contributed by atoms with Gasteiger partial charge in [-0.05, 0) is 75.4 Å². The van der Waals surface area contributed by atoms with Crippen LogP contribution in [0.5, 0.6) is 5.75 Å². The molecule has 0 fully saturated rings. The van der Waals surface area contributed by atoms with Crippen molar-refractivity contribution in [3.63, 3.8) is 0 Å². The Bertz CT molecular complexity index is 1120. The van der Waals surface area contributed by atoms with Gasteiger partial charge in [0, 0.05) is 22.0 Å². The Balaban J connectivity index is 1.58. The summed E-state index contributed by atoms with van der Waals surface area (Å²) in [6, 6.07) is 19.6. The first-order chi connectivity index (χ1) is 15.1. The maximum absolute atomic E-state index is 12.6. The zero-order valence-corrected chi connectivity index (χ0v) is 20.4. The zero-order valence-electron chi connectivity index (χ0n) is 18.0. The molecule has 0 radical (unpaired) electrons. The van der Waals surface area contributed by atoms with Crippen molar-refractivity contribution < 1.29 is 14.3 Å². The molecule has 3 aromatic carbocycles. The summed E-state index contributed by atoms with van der Waals surface area (Å²) in [4.78, 5) is 24.9. The smallest absolute Gasteiger partial charge is 0.262 e. The van der Waals surface area contributed by atoms with Gasteiger partial charge >= 0.3 is 0 Å². The molecular weight excluding hydrogens is 492 g/mol. The summed E-state index contributed by atoms with van der Waals surface area (Å²) >= 11 is 9.25. The molecule has 0 aliphatic heterocycles. The molecule has 0 atom stereocenters. The van der Waals surface area contributed by atoms with E-state index < -0.39 is 0 Å². The average molecular weight is 516 g/mol. The lowest BCUT2D eigenvalue weighted by atomic mass is 9.87. The molecule has 2 N–H and O–H groups in total. The fourth-order valence-corrected chi connectivity index (χ4v) is 3.73. The Hall–Kier alpha value is -2.83. The fourth-order valence-electron chi connectivity index (χ4n) is 2.93. The Morgan fingerprint density at radius 2 is 1.59 bits per heavy atom. The van der Waals surface area contributed by atoms with Crippen LogP contribution in [0.2, 0.25) is 5.02 Å². The lowest BCUT2D eigenvalue weighted by Gasteiger charge is -2.19. The summed E-state index contributed by atoms with van der Waals surface area (Å²) in [6.45, 7) is 6.21. The number of ether oxygens (including phenoxy) is 1. The molecule has 0 spiro atoms. The Morgan fingerprint density at radius 1 is 0.938 bits per heavy atom. The van der Waals surface area contributed by atoms with Crippen molar-refractivity contribution in [2.45, 2.75) is 26.2 Å². The summed E-state index contributed by atoms with van der Waals surface area (Å²) in [5.41, 5.74) is 2.87. The minimum Gasteiger partial charge on any atom is -0.483 e. The van der Waals surface area contributed by atoms with E-state index in [1.807, 2.05) is 24.3 Å². The topological polar surface area (TPSA) is 67.4 Å². The van der Waals surface area contributed by atoms with Crippen molar-refractivity contribution in [3.8, 4) is 5.75 Å². The number of nitrogens with one attached hydrogen (secondary N) is 2. The second kappa shape index (κ2) is 10.2. The Labute approximate surface area is 201 Å². The molecule has 0 aliphatic carbocycles. The van der Waals surface area contributed by atoms with Gasteiger partial charge in [-0.2, -0.15) is 0 Å². The van der Waals surface area contributed by atoms with E-state index in [1.54, 1.807) is 42.5 Å². The van der Waals surface area contributed by atoms with Crippen molar-refractivity contribution in [3.05, 3.63) is 87.4 Å². The minimum absolute atomic E-state index is 0.0227. The van der Waals surface area contributed by atoms with Crippen molar-refractivity contribution >= 4 is 50.7 Å². The molecule has 0 bridgehead atoms. The van der Waals surface area contributed by atoms with Crippen LogP contribution < -0.4 is 15.4 Å². The second-order valence-corrected chi connectivity index (χ2v) is 9.56. The molecule has 7 heteroatoms. The maximum Gasteiger partial charge on any atom is 0.262 e. The highest BCUT2D eigenvalue weighted by molar-refractivity contribution is 9.10. The molecule has 32 heavy (non-hydrogen) atoms. The van der Waals surface area contributed by atoms with Gasteiger partial charge in [0.15, 0.2) is 6.61 Å². The molecule has 0 saturated heterocycles. The van der Waals surface area contributed by atoms with Crippen LogP contribution >= 0.6 is 27.5 Å². The van der Waals surface area contributed by atoms with Crippen molar-refractivity contribution in [2.75, 3.05) is 17.2 Å². The number of carbonyl (C=O) groups excluding carboxylic acids is 2. The summed E-state index contributed by atoms with van der Waals surface area (Å²) in [6.07, 6.45) is 0. The van der Waals surface area contributed by atoms with Crippen LogP contribution in [0, 0.1) is 0 Å². The molecule has 0 saturated carbocycles. The van der Waals surface area contributed by atoms with E-state index in [9.17, 15) is 9.59 Å². The van der Waals surface area contributed by atoms with Gasteiger partial charge in [0.1, 0.15) is 5.75 Å². The predicted octanol–water partition coefficient (Wildman–Crippen LogP) is 6.67. The number of hydrogen-bond acceptors (Lipinski definition) is 3. The summed E-state index contributed by atoms with van der Waals surface area (Å²) in [5, 5.41) is 6.19. The quantitative estimate of drug-likeness (QED) is 0.385. The highest BCUT2D eigenvalue weighted by Gasteiger charge is 2.14. The fraction of sp³-hybridized carbons (Fsp3) is 0.200. The second-order valence-electron chi connectivity index (χ2n) is 8.27. The SMILES string of the molecule is CC(C)(C)c1ccc(C(=O)Nc2cccc(NC(=O)COc3ccc(Cl)cc3Br)c2)cc1. The number of hydrogen-bond donors (Lipinski definition) is 2. The van der Waals surface area contributed by atoms with E-state index in [2.05, 4.69) is 47.3 Å². The number of halogens is 2. The number of amides is 2. The molecule has 0 aliphatic rings. The first-order valence-electron chi connectivity index (χ1n) is 10.0. The van der Waals surface area contributed by atoms with Gasteiger partial charge in [0.05, 0.1) is 4.47 Å². The standard InChI is InChI=1S/C25H24BrClN2O3/c1-25(2,3)17-9-7-16(8-10-17)24(31)29-20-6-4-5-19(14-20)28-23(30)15-32-22-12-11-18(27)13-21(22)26/h4-14H,15H2,1-3H3,(H,28,30)(H,29,31). The van der Waals surface area contributed by atoms with Gasteiger partial charge in [0.2, 0.25) is 0 Å². The molecule has 166 valence electrons. The molecular formula is C25H24BrClN2O3. The maximum atomic E-state index is 12.6. The first kappa shape index (κ1) is 23.8. The van der Waals surface area contributed by atoms with Crippen molar-refractivity contribution in [1.29, 1.82) is 0 Å². The first-order valence-corrected chi connectivity index (χ1v) is 11.2. The van der Waals surface area contributed by atoms with E-state index in [0.29, 0.717) is 32.2 Å². The summed E-state index contributed by atoms with van der Waals surface area (Å²) in [5.74, 6) is -0.0269. The van der Waals surface area contributed by atoms with Gasteiger partial charge < -0.3 is 15.4 Å². The molecule has 0 aromatic heterocycles. The van der Waals surface area contributed by atoms with Gasteiger partial charge in [-0.1, -0.05) is 50.6 Å². The Kier molecular flexibility index (Phi) is 7.59. The van der Waals surface area contributed by atoms with E-state index >= 15 is 0 Å². The van der Waals surface area contributed by atoms with E-state index in [0.717, 1.165) is 5.56 Å². The molecule has 3 rings (SSSR count). The van der Waals surface area contributed by atoms with E-state index in [1.165, 1.54) is 0 Å². The molecule has 2 amide bonds. The van der Waals surface area contributed by atoms with Gasteiger partial charge in [-0.25, -0.2) is 0 Å². The van der Waals surface area contributed by atoms with Crippen LogP contribution in [0.15, 0.2) is 71.2 Å². The average Bonchev–Trinajstić information content (AvgIpc) is 2.73. The summed E-state index contributed by atoms with van der Waals surface area (Å²) < 4.78 is 6.19. The minimum atomic E-state index is -0.326. The Morgan fingerprint density at radius 3 is 2.22 bits per heavy atom. The largest absolute Gasteiger partial charge is 0.483 e. The number of anilines is 2. The number of rotatable bonds is 6. The van der Waals surface area contributed by atoms with Crippen LogP contribution in [-0.4, -0.2) is 18.4 Å². The van der Waals surface area contributed by atoms with E-state index in [4.69, 9.17) is 16.3 Å². The third kappa shape index (κ3) is 6.58. The van der Waals surface area contributed by atoms with Crippen LogP contribution in [0.25, 0.3) is 0 Å². The summed E-state index contributed by atoms with van der Waals surface area (Å²) in [7, 11) is 0. The molecule has 0 unspecified atom stereocenters. The number of benzene rings is 3. The van der Waals surface area contributed by atoms with Gasteiger partial charge in [-0.15, -0.1) is 0 Å². The monoisotopic (exact) mass is 514 g/mol. The van der Waals surface area contributed by atoms with Crippen LogP contribution in [0.4, 0.5) is 11.4 Å². The number of carbonyl (C=O) groups is 2. The van der Waals surface area contributed by atoms with E-state index in [-0.39, 0.29) is 23.8 Å². The van der Waals surface area contributed by atoms with Gasteiger partial charge in [-0.3, -0.25) is 9.59 Å².